The predicted octanol–water partition coefficient (Wildman–Crippen LogP) is 4.70. The molecule has 1 aliphatic heterocycles. The second-order valence-corrected chi connectivity index (χ2v) is 6.88. The third-order valence-corrected chi connectivity index (χ3v) is 4.85. The minimum atomic E-state index is -4.66. The lowest BCUT2D eigenvalue weighted by atomic mass is 9.83. The first-order chi connectivity index (χ1) is 14.8. The highest BCUT2D eigenvalue weighted by atomic mass is 19.4. The third kappa shape index (κ3) is 4.14. The molecule has 0 radical (unpaired) electrons. The molecule has 3 rings (SSSR count). The number of ether oxygens (including phenoxy) is 2. The number of rotatable bonds is 4. The number of alkyl halides is 6. The maximum Gasteiger partial charge on any atom is 0.416 e. The van der Waals surface area contributed by atoms with Gasteiger partial charge in [-0.15, -0.1) is 0 Å². The molecule has 32 heavy (non-hydrogen) atoms. The van der Waals surface area contributed by atoms with Crippen LogP contribution >= 0.6 is 0 Å². The number of cyclic esters (lactones) is 1. The molecule has 0 fully saturated rings. The zero-order valence-electron chi connectivity index (χ0n) is 16.2. The molecule has 1 aliphatic rings. The fraction of sp³-hybridized carbons (Fsp3) is 0.238. The van der Waals surface area contributed by atoms with E-state index in [9.17, 15) is 41.0 Å². The van der Waals surface area contributed by atoms with Crippen LogP contribution in [0.2, 0.25) is 0 Å². The number of aliphatic hydroxyl groups is 1. The van der Waals surface area contributed by atoms with Gasteiger partial charge in [0.1, 0.15) is 0 Å². The SMILES string of the molecule is COC(=O)C1(Cc2ccc(C(F)(F)F)cc2)OC(=O)C(O)=C1c1ccc(C(F)(F)F)cc1. The summed E-state index contributed by atoms with van der Waals surface area (Å²) < 4.78 is 86.9. The minimum Gasteiger partial charge on any atom is -0.502 e. The smallest absolute Gasteiger partial charge is 0.416 e. The summed E-state index contributed by atoms with van der Waals surface area (Å²) >= 11 is 0. The van der Waals surface area contributed by atoms with E-state index >= 15 is 0 Å². The van der Waals surface area contributed by atoms with Gasteiger partial charge in [0.05, 0.1) is 23.8 Å². The van der Waals surface area contributed by atoms with Crippen LogP contribution in [0.25, 0.3) is 5.57 Å². The first kappa shape index (κ1) is 23.2. The highest BCUT2D eigenvalue weighted by Crippen LogP contribution is 2.43. The van der Waals surface area contributed by atoms with Crippen LogP contribution in [-0.2, 0) is 37.8 Å². The maximum atomic E-state index is 12.9. The average Bonchev–Trinajstić information content (AvgIpc) is 2.97. The molecule has 0 spiro atoms. The van der Waals surface area contributed by atoms with Gasteiger partial charge in [0.25, 0.3) is 0 Å². The molecule has 1 heterocycles. The molecule has 0 amide bonds. The van der Waals surface area contributed by atoms with Crippen molar-refractivity contribution in [3.8, 4) is 0 Å². The van der Waals surface area contributed by atoms with Crippen LogP contribution in [0, 0.1) is 0 Å². The van der Waals surface area contributed by atoms with E-state index in [-0.39, 0.29) is 11.1 Å². The Morgan fingerprint density at radius 3 is 1.84 bits per heavy atom. The second kappa shape index (κ2) is 7.88. The molecule has 0 bridgehead atoms. The van der Waals surface area contributed by atoms with Crippen molar-refractivity contribution in [2.75, 3.05) is 7.11 Å². The first-order valence-corrected chi connectivity index (χ1v) is 8.89. The molecule has 0 saturated carbocycles. The zero-order valence-corrected chi connectivity index (χ0v) is 16.2. The van der Waals surface area contributed by atoms with Crippen LogP contribution in [0.3, 0.4) is 0 Å². The molecule has 0 aliphatic carbocycles. The molecule has 1 N–H and O–H groups in total. The summed E-state index contributed by atoms with van der Waals surface area (Å²) in [7, 11) is 0.949. The Bertz CT molecular complexity index is 1070. The second-order valence-electron chi connectivity index (χ2n) is 6.88. The van der Waals surface area contributed by atoms with Gasteiger partial charge in [-0.2, -0.15) is 26.3 Å². The monoisotopic (exact) mass is 460 g/mol. The van der Waals surface area contributed by atoms with E-state index in [4.69, 9.17) is 9.47 Å². The number of hydrogen-bond acceptors (Lipinski definition) is 5. The van der Waals surface area contributed by atoms with Crippen LogP contribution in [0.4, 0.5) is 26.3 Å². The molecule has 11 heteroatoms. The van der Waals surface area contributed by atoms with Crippen molar-refractivity contribution in [1.29, 1.82) is 0 Å². The Balaban J connectivity index is 2.09. The number of esters is 2. The van der Waals surface area contributed by atoms with E-state index in [1.54, 1.807) is 0 Å². The van der Waals surface area contributed by atoms with Crippen molar-refractivity contribution < 1.29 is 50.5 Å². The highest BCUT2D eigenvalue weighted by molar-refractivity contribution is 6.11. The van der Waals surface area contributed by atoms with Gasteiger partial charge >= 0.3 is 24.3 Å². The molecule has 1 atom stereocenters. The van der Waals surface area contributed by atoms with Gasteiger partial charge in [0.2, 0.25) is 11.4 Å². The van der Waals surface area contributed by atoms with Crippen LogP contribution in [0.5, 0.6) is 0 Å². The summed E-state index contributed by atoms with van der Waals surface area (Å²) in [4.78, 5) is 24.8. The number of carbonyl (C=O) groups is 2. The largest absolute Gasteiger partial charge is 0.502 e. The molecule has 0 aromatic heterocycles. The summed E-state index contributed by atoms with van der Waals surface area (Å²) in [5.41, 5.74) is -4.79. The Kier molecular flexibility index (Phi) is 5.71. The highest BCUT2D eigenvalue weighted by Gasteiger charge is 2.55. The van der Waals surface area contributed by atoms with E-state index in [0.29, 0.717) is 12.1 Å². The summed E-state index contributed by atoms with van der Waals surface area (Å²) in [6, 6.07) is 6.80. The van der Waals surface area contributed by atoms with Gasteiger partial charge in [-0.25, -0.2) is 9.59 Å². The quantitative estimate of drug-likeness (QED) is 0.529. The van der Waals surface area contributed by atoms with Crippen molar-refractivity contribution in [1.82, 2.24) is 0 Å². The lowest BCUT2D eigenvalue weighted by molar-refractivity contribution is -0.169. The number of methoxy groups -OCH3 is 1. The Hall–Kier alpha value is -3.50. The van der Waals surface area contributed by atoms with Gasteiger partial charge in [0, 0.05) is 6.42 Å². The van der Waals surface area contributed by atoms with Gasteiger partial charge in [-0.1, -0.05) is 24.3 Å². The van der Waals surface area contributed by atoms with E-state index in [0.717, 1.165) is 43.5 Å². The number of aliphatic hydroxyl groups excluding tert-OH is 1. The molecule has 0 saturated heterocycles. The first-order valence-electron chi connectivity index (χ1n) is 8.89. The van der Waals surface area contributed by atoms with Crippen molar-refractivity contribution in [3.63, 3.8) is 0 Å². The van der Waals surface area contributed by atoms with Gasteiger partial charge in [-0.05, 0) is 35.4 Å². The molecule has 2 aromatic rings. The minimum absolute atomic E-state index is 0.107. The van der Waals surface area contributed by atoms with Crippen molar-refractivity contribution >= 4 is 17.5 Å². The number of benzene rings is 2. The Morgan fingerprint density at radius 2 is 1.41 bits per heavy atom. The van der Waals surface area contributed by atoms with Crippen LogP contribution < -0.4 is 0 Å². The number of carbonyl (C=O) groups excluding carboxylic acids is 2. The third-order valence-electron chi connectivity index (χ3n) is 4.85. The fourth-order valence-corrected chi connectivity index (χ4v) is 3.35. The topological polar surface area (TPSA) is 72.8 Å². The maximum absolute atomic E-state index is 12.9. The molecule has 1 unspecified atom stereocenters. The summed E-state index contributed by atoms with van der Waals surface area (Å²) in [6.07, 6.45) is -9.80. The molecule has 5 nitrogen and oxygen atoms in total. The molecular weight excluding hydrogens is 446 g/mol. The lowest BCUT2D eigenvalue weighted by Gasteiger charge is -2.28. The Labute approximate surface area is 176 Å². The summed E-state index contributed by atoms with van der Waals surface area (Å²) in [5.74, 6) is -3.54. The fourth-order valence-electron chi connectivity index (χ4n) is 3.35. The van der Waals surface area contributed by atoms with E-state index in [2.05, 4.69) is 0 Å². The average molecular weight is 460 g/mol. The summed E-state index contributed by atoms with van der Waals surface area (Å²) in [6.45, 7) is 0. The van der Waals surface area contributed by atoms with E-state index in [1.165, 1.54) is 0 Å². The normalized spacial score (nSPS) is 19.2. The van der Waals surface area contributed by atoms with Gasteiger partial charge in [0.15, 0.2) is 0 Å². The molecular formula is C21H14F6O5. The van der Waals surface area contributed by atoms with Crippen LogP contribution in [-0.4, -0.2) is 29.8 Å². The van der Waals surface area contributed by atoms with Crippen LogP contribution in [0.15, 0.2) is 54.3 Å². The molecule has 2 aromatic carbocycles. The van der Waals surface area contributed by atoms with Crippen molar-refractivity contribution in [3.05, 3.63) is 76.5 Å². The number of halogens is 6. The van der Waals surface area contributed by atoms with E-state index < -0.39 is 58.8 Å². The van der Waals surface area contributed by atoms with E-state index in [1.807, 2.05) is 0 Å². The number of hydrogen-bond donors (Lipinski definition) is 1. The zero-order chi connectivity index (χ0) is 23.9. The Morgan fingerprint density at radius 1 is 0.938 bits per heavy atom. The summed E-state index contributed by atoms with van der Waals surface area (Å²) in [5, 5.41) is 10.3. The van der Waals surface area contributed by atoms with Gasteiger partial charge in [-0.3, -0.25) is 0 Å². The predicted molar refractivity (Wildman–Crippen MR) is 97.0 cm³/mol. The van der Waals surface area contributed by atoms with Crippen LogP contribution in [0.1, 0.15) is 22.3 Å². The van der Waals surface area contributed by atoms with Gasteiger partial charge < -0.3 is 14.6 Å². The molecule has 170 valence electrons. The van der Waals surface area contributed by atoms with Crippen molar-refractivity contribution in [2.45, 2.75) is 24.4 Å². The lowest BCUT2D eigenvalue weighted by Crippen LogP contribution is -2.44. The standard InChI is InChI=1S/C21H14F6O5/c1-31-18(30)19(10-11-2-6-13(7-3-11)20(22,23)24)15(16(28)17(29)32-19)12-4-8-14(9-5-12)21(25,26)27/h2-9,28H,10H2,1H3. The van der Waals surface area contributed by atoms with Crippen molar-refractivity contribution in [2.24, 2.45) is 0 Å².